The van der Waals surface area contributed by atoms with Crippen molar-refractivity contribution in [2.75, 3.05) is 6.61 Å². The van der Waals surface area contributed by atoms with Gasteiger partial charge in [0.25, 0.3) is 0 Å². The molecule has 0 spiro atoms. The number of aliphatic hydroxyl groups is 3. The standard InChI is InChI=1S/C10H16O8/c1-4(11)16-3-6-7(13)8(14)9(10(15)18-6)17-5(2)12/h6-10,13-15H,3H2,1-2H3/t6?,7-,8?,9?,10+/m0/s1. The Morgan fingerprint density at radius 1 is 1.11 bits per heavy atom. The molecule has 1 heterocycles. The maximum absolute atomic E-state index is 10.8. The monoisotopic (exact) mass is 264 g/mol. The Hall–Kier alpha value is -1.22. The summed E-state index contributed by atoms with van der Waals surface area (Å²) in [4.78, 5) is 21.4. The van der Waals surface area contributed by atoms with Crippen LogP contribution in [0.25, 0.3) is 0 Å². The van der Waals surface area contributed by atoms with E-state index in [-0.39, 0.29) is 6.61 Å². The SMILES string of the molecule is CC(=O)OCC1O[C@@H](O)C(OC(C)=O)C(O)[C@H]1O. The Kier molecular flexibility index (Phi) is 5.03. The minimum Gasteiger partial charge on any atom is -0.463 e. The predicted molar refractivity (Wildman–Crippen MR) is 55.1 cm³/mol. The lowest BCUT2D eigenvalue weighted by atomic mass is 9.99. The number of hydrogen-bond acceptors (Lipinski definition) is 8. The van der Waals surface area contributed by atoms with E-state index in [0.717, 1.165) is 6.92 Å². The average molecular weight is 264 g/mol. The number of carbonyl (C=O) groups is 2. The first kappa shape index (κ1) is 14.8. The van der Waals surface area contributed by atoms with Crippen molar-refractivity contribution in [3.63, 3.8) is 0 Å². The van der Waals surface area contributed by atoms with Crippen molar-refractivity contribution in [3.05, 3.63) is 0 Å². The van der Waals surface area contributed by atoms with Gasteiger partial charge in [0.05, 0.1) is 0 Å². The second-order valence-corrected chi connectivity index (χ2v) is 3.92. The molecule has 3 N–H and O–H groups in total. The first-order chi connectivity index (χ1) is 8.32. The number of rotatable bonds is 3. The molecule has 8 nitrogen and oxygen atoms in total. The summed E-state index contributed by atoms with van der Waals surface area (Å²) in [5.41, 5.74) is 0. The first-order valence-electron chi connectivity index (χ1n) is 5.33. The topological polar surface area (TPSA) is 123 Å². The van der Waals surface area contributed by atoms with Crippen molar-refractivity contribution in [1.29, 1.82) is 0 Å². The van der Waals surface area contributed by atoms with Gasteiger partial charge in [0, 0.05) is 13.8 Å². The molecule has 1 rings (SSSR count). The van der Waals surface area contributed by atoms with Crippen LogP contribution in [0, 0.1) is 0 Å². The molecule has 3 unspecified atom stereocenters. The molecule has 5 atom stereocenters. The Morgan fingerprint density at radius 3 is 2.22 bits per heavy atom. The fraction of sp³-hybridized carbons (Fsp3) is 0.800. The third-order valence-electron chi connectivity index (χ3n) is 2.42. The summed E-state index contributed by atoms with van der Waals surface area (Å²) in [5.74, 6) is -1.32. The van der Waals surface area contributed by atoms with Crippen molar-refractivity contribution in [2.45, 2.75) is 44.6 Å². The lowest BCUT2D eigenvalue weighted by molar-refractivity contribution is -0.291. The van der Waals surface area contributed by atoms with E-state index in [2.05, 4.69) is 9.47 Å². The number of hydrogen-bond donors (Lipinski definition) is 3. The molecular weight excluding hydrogens is 248 g/mol. The first-order valence-corrected chi connectivity index (χ1v) is 5.33. The fourth-order valence-corrected chi connectivity index (χ4v) is 1.58. The highest BCUT2D eigenvalue weighted by Gasteiger charge is 2.46. The van der Waals surface area contributed by atoms with Gasteiger partial charge < -0.3 is 29.5 Å². The summed E-state index contributed by atoms with van der Waals surface area (Å²) in [7, 11) is 0. The van der Waals surface area contributed by atoms with E-state index >= 15 is 0 Å². The molecule has 18 heavy (non-hydrogen) atoms. The molecule has 104 valence electrons. The minimum atomic E-state index is -1.60. The number of carbonyl (C=O) groups excluding carboxylic acids is 2. The van der Waals surface area contributed by atoms with Crippen LogP contribution in [0.1, 0.15) is 13.8 Å². The van der Waals surface area contributed by atoms with Crippen LogP contribution in [-0.4, -0.2) is 64.6 Å². The molecule has 0 aromatic heterocycles. The zero-order chi connectivity index (χ0) is 13.9. The molecule has 0 amide bonds. The summed E-state index contributed by atoms with van der Waals surface area (Å²) < 4.78 is 14.2. The highest BCUT2D eigenvalue weighted by molar-refractivity contribution is 5.66. The molecular formula is C10H16O8. The number of ether oxygens (including phenoxy) is 3. The average Bonchev–Trinajstić information content (AvgIpc) is 2.27. The van der Waals surface area contributed by atoms with E-state index in [0.29, 0.717) is 0 Å². The van der Waals surface area contributed by atoms with Gasteiger partial charge in [-0.2, -0.15) is 0 Å². The van der Waals surface area contributed by atoms with Crippen LogP contribution in [0.3, 0.4) is 0 Å². The van der Waals surface area contributed by atoms with E-state index in [1.807, 2.05) is 0 Å². The van der Waals surface area contributed by atoms with Crippen molar-refractivity contribution in [2.24, 2.45) is 0 Å². The van der Waals surface area contributed by atoms with E-state index in [1.54, 1.807) is 0 Å². The van der Waals surface area contributed by atoms with Gasteiger partial charge in [0.15, 0.2) is 12.4 Å². The van der Waals surface area contributed by atoms with E-state index in [9.17, 15) is 24.9 Å². The van der Waals surface area contributed by atoms with E-state index in [4.69, 9.17) is 4.74 Å². The van der Waals surface area contributed by atoms with Crippen LogP contribution in [0.4, 0.5) is 0 Å². The Balaban J connectivity index is 2.64. The Bertz CT molecular complexity index is 315. The van der Waals surface area contributed by atoms with Crippen molar-refractivity contribution in [1.82, 2.24) is 0 Å². The highest BCUT2D eigenvalue weighted by Crippen LogP contribution is 2.22. The lowest BCUT2D eigenvalue weighted by Gasteiger charge is -2.39. The second kappa shape index (κ2) is 6.10. The predicted octanol–water partition coefficient (Wildman–Crippen LogP) is -2.08. The third-order valence-corrected chi connectivity index (χ3v) is 2.42. The third kappa shape index (κ3) is 3.64. The molecule has 0 aromatic carbocycles. The molecule has 8 heteroatoms. The normalized spacial score (nSPS) is 35.9. The van der Waals surface area contributed by atoms with Gasteiger partial charge in [-0.1, -0.05) is 0 Å². The molecule has 1 fully saturated rings. The Labute approximate surface area is 103 Å². The number of esters is 2. The smallest absolute Gasteiger partial charge is 0.303 e. The van der Waals surface area contributed by atoms with Gasteiger partial charge in [0.2, 0.25) is 0 Å². The second-order valence-electron chi connectivity index (χ2n) is 3.92. The largest absolute Gasteiger partial charge is 0.463 e. The lowest BCUT2D eigenvalue weighted by Crippen LogP contribution is -2.59. The van der Waals surface area contributed by atoms with Gasteiger partial charge in [0.1, 0.15) is 24.9 Å². The molecule has 0 aromatic rings. The summed E-state index contributed by atoms with van der Waals surface area (Å²) in [6, 6.07) is 0. The maximum atomic E-state index is 10.8. The summed E-state index contributed by atoms with van der Waals surface area (Å²) in [6.45, 7) is 1.94. The summed E-state index contributed by atoms with van der Waals surface area (Å²) in [6.07, 6.45) is -7.06. The quantitative estimate of drug-likeness (QED) is 0.496. The highest BCUT2D eigenvalue weighted by atomic mass is 16.7. The van der Waals surface area contributed by atoms with Crippen molar-refractivity contribution < 1.29 is 39.1 Å². The summed E-state index contributed by atoms with van der Waals surface area (Å²) >= 11 is 0. The van der Waals surface area contributed by atoms with Crippen LogP contribution in [-0.2, 0) is 23.8 Å². The molecule has 1 aliphatic rings. The van der Waals surface area contributed by atoms with Crippen LogP contribution < -0.4 is 0 Å². The molecule has 1 saturated heterocycles. The summed E-state index contributed by atoms with van der Waals surface area (Å²) in [5, 5.41) is 28.9. The van der Waals surface area contributed by atoms with Crippen LogP contribution >= 0.6 is 0 Å². The molecule has 0 bridgehead atoms. The van der Waals surface area contributed by atoms with Crippen molar-refractivity contribution >= 4 is 11.9 Å². The van der Waals surface area contributed by atoms with Crippen LogP contribution in [0.5, 0.6) is 0 Å². The van der Waals surface area contributed by atoms with Crippen LogP contribution in [0.2, 0.25) is 0 Å². The zero-order valence-electron chi connectivity index (χ0n) is 9.98. The van der Waals surface area contributed by atoms with Gasteiger partial charge in [-0.15, -0.1) is 0 Å². The minimum absolute atomic E-state index is 0.322. The van der Waals surface area contributed by atoms with E-state index in [1.165, 1.54) is 6.92 Å². The molecule has 0 saturated carbocycles. The van der Waals surface area contributed by atoms with Gasteiger partial charge in [-0.05, 0) is 0 Å². The van der Waals surface area contributed by atoms with E-state index < -0.39 is 42.6 Å². The van der Waals surface area contributed by atoms with Gasteiger partial charge in [-0.3, -0.25) is 9.59 Å². The van der Waals surface area contributed by atoms with Gasteiger partial charge >= 0.3 is 11.9 Å². The molecule has 1 aliphatic heterocycles. The zero-order valence-corrected chi connectivity index (χ0v) is 9.98. The van der Waals surface area contributed by atoms with Crippen molar-refractivity contribution in [3.8, 4) is 0 Å². The van der Waals surface area contributed by atoms with Crippen LogP contribution in [0.15, 0.2) is 0 Å². The molecule has 0 aliphatic carbocycles. The maximum Gasteiger partial charge on any atom is 0.303 e. The Morgan fingerprint density at radius 2 is 1.72 bits per heavy atom. The molecule has 0 radical (unpaired) electrons. The number of aliphatic hydroxyl groups excluding tert-OH is 3. The fourth-order valence-electron chi connectivity index (χ4n) is 1.58. The van der Waals surface area contributed by atoms with Gasteiger partial charge in [-0.25, -0.2) is 0 Å².